The Kier molecular flexibility index (Phi) is 4.19. The fraction of sp³-hybridized carbons (Fsp3) is 0.611. The van der Waals surface area contributed by atoms with E-state index in [1.807, 2.05) is 6.92 Å². The van der Waals surface area contributed by atoms with Crippen molar-refractivity contribution in [1.29, 1.82) is 0 Å². The Bertz CT molecular complexity index is 606. The van der Waals surface area contributed by atoms with Gasteiger partial charge in [-0.05, 0) is 56.9 Å². The average Bonchev–Trinajstić information content (AvgIpc) is 2.49. The van der Waals surface area contributed by atoms with E-state index in [1.54, 1.807) is 17.9 Å². The van der Waals surface area contributed by atoms with Crippen molar-refractivity contribution in [3.8, 4) is 0 Å². The Labute approximate surface area is 136 Å². The smallest absolute Gasteiger partial charge is 0.253 e. The zero-order valence-electron chi connectivity index (χ0n) is 13.8. The second kappa shape index (κ2) is 5.87. The lowest BCUT2D eigenvalue weighted by atomic mass is 9.78. The van der Waals surface area contributed by atoms with Crippen molar-refractivity contribution < 1.29 is 19.0 Å². The van der Waals surface area contributed by atoms with Crippen molar-refractivity contribution in [3.63, 3.8) is 0 Å². The molecule has 1 amide bonds. The van der Waals surface area contributed by atoms with Crippen LogP contribution in [0.15, 0.2) is 18.2 Å². The Morgan fingerprint density at radius 1 is 1.30 bits per heavy atom. The molecule has 0 aliphatic carbocycles. The maximum absolute atomic E-state index is 13.4. The number of aryl methyl sites for hydroxylation is 1. The maximum atomic E-state index is 13.4. The minimum Gasteiger partial charge on any atom is -0.390 e. The van der Waals surface area contributed by atoms with Crippen LogP contribution in [0, 0.1) is 12.7 Å². The third kappa shape index (κ3) is 3.40. The van der Waals surface area contributed by atoms with Crippen molar-refractivity contribution >= 4 is 5.91 Å². The van der Waals surface area contributed by atoms with Gasteiger partial charge >= 0.3 is 0 Å². The number of nitrogens with zero attached hydrogens (tertiary/aromatic N) is 1. The normalized spacial score (nSPS) is 27.2. The number of hydrogen-bond acceptors (Lipinski definition) is 3. The number of carbonyl (C=O) groups excluding carboxylic acids is 1. The van der Waals surface area contributed by atoms with Crippen LogP contribution in [0.4, 0.5) is 4.39 Å². The van der Waals surface area contributed by atoms with Gasteiger partial charge < -0.3 is 14.7 Å². The van der Waals surface area contributed by atoms with E-state index in [-0.39, 0.29) is 17.3 Å². The summed E-state index contributed by atoms with van der Waals surface area (Å²) in [6.45, 7) is 5.29. The van der Waals surface area contributed by atoms with Crippen LogP contribution in [0.5, 0.6) is 0 Å². The van der Waals surface area contributed by atoms with E-state index in [0.717, 1.165) is 12.8 Å². The highest BCUT2D eigenvalue weighted by Crippen LogP contribution is 2.39. The number of amides is 1. The highest BCUT2D eigenvalue weighted by Gasteiger charge is 2.44. The molecule has 126 valence electrons. The first-order chi connectivity index (χ1) is 10.8. The van der Waals surface area contributed by atoms with E-state index in [4.69, 9.17) is 4.74 Å². The largest absolute Gasteiger partial charge is 0.390 e. The number of rotatable bonds is 1. The van der Waals surface area contributed by atoms with E-state index in [2.05, 4.69) is 0 Å². The molecule has 5 heteroatoms. The molecule has 1 unspecified atom stereocenters. The third-order valence-electron chi connectivity index (χ3n) is 5.12. The van der Waals surface area contributed by atoms with E-state index in [0.29, 0.717) is 43.7 Å². The number of hydrogen-bond donors (Lipinski definition) is 1. The highest BCUT2D eigenvalue weighted by molar-refractivity contribution is 5.94. The molecule has 2 aliphatic heterocycles. The van der Waals surface area contributed by atoms with Crippen LogP contribution in [0.1, 0.15) is 48.5 Å². The molecule has 2 aliphatic rings. The molecule has 1 aromatic rings. The minimum absolute atomic E-state index is 0.0643. The number of halogens is 1. The first-order valence-electron chi connectivity index (χ1n) is 8.22. The molecule has 1 N–H and O–H groups in total. The van der Waals surface area contributed by atoms with Crippen LogP contribution in [-0.2, 0) is 4.74 Å². The van der Waals surface area contributed by atoms with Crippen LogP contribution < -0.4 is 0 Å². The van der Waals surface area contributed by atoms with Gasteiger partial charge in [-0.25, -0.2) is 4.39 Å². The summed E-state index contributed by atoms with van der Waals surface area (Å²) in [5.74, 6) is -0.359. The molecule has 0 bridgehead atoms. The lowest BCUT2D eigenvalue weighted by molar-refractivity contribution is -0.170. The lowest BCUT2D eigenvalue weighted by Gasteiger charge is -2.48. The Balaban J connectivity index is 1.66. The topological polar surface area (TPSA) is 49.8 Å². The van der Waals surface area contributed by atoms with Gasteiger partial charge in [-0.1, -0.05) is 0 Å². The molecule has 0 radical (unpaired) electrons. The van der Waals surface area contributed by atoms with E-state index >= 15 is 0 Å². The number of piperidine rings is 1. The number of aliphatic hydroxyl groups is 1. The van der Waals surface area contributed by atoms with Crippen LogP contribution in [0.2, 0.25) is 0 Å². The second-order valence-electron chi connectivity index (χ2n) is 7.21. The highest BCUT2D eigenvalue weighted by atomic mass is 19.1. The second-order valence-corrected chi connectivity index (χ2v) is 7.21. The van der Waals surface area contributed by atoms with Crippen LogP contribution in [-0.4, -0.2) is 46.8 Å². The molecule has 0 aromatic heterocycles. The molecule has 3 rings (SSSR count). The molecule has 0 saturated carbocycles. The van der Waals surface area contributed by atoms with Crippen LogP contribution in [0.25, 0.3) is 0 Å². The van der Waals surface area contributed by atoms with Crippen molar-refractivity contribution in [2.24, 2.45) is 0 Å². The summed E-state index contributed by atoms with van der Waals surface area (Å²) in [7, 11) is 0. The standard InChI is InChI=1S/C18H24FNO3/c1-13-11-14(3-4-15(13)19)16(21)20-8-5-18(6-9-20)12-17(2,22)7-10-23-18/h3-4,11,22H,5-10,12H2,1-2H3. The molecule has 1 aromatic carbocycles. The van der Waals surface area contributed by atoms with Gasteiger partial charge in [0.2, 0.25) is 0 Å². The number of benzene rings is 1. The molecular weight excluding hydrogens is 297 g/mol. The zero-order chi connectivity index (χ0) is 16.7. The van der Waals surface area contributed by atoms with Gasteiger partial charge in [-0.2, -0.15) is 0 Å². The minimum atomic E-state index is -0.682. The molecule has 2 saturated heterocycles. The van der Waals surface area contributed by atoms with Gasteiger partial charge in [0.25, 0.3) is 5.91 Å². The van der Waals surface area contributed by atoms with Gasteiger partial charge in [-0.15, -0.1) is 0 Å². The molecule has 4 nitrogen and oxygen atoms in total. The number of likely N-dealkylation sites (tertiary alicyclic amines) is 1. The van der Waals surface area contributed by atoms with Crippen molar-refractivity contribution in [2.45, 2.75) is 50.7 Å². The summed E-state index contributed by atoms with van der Waals surface area (Å²) in [5.41, 5.74) is 0.0165. The van der Waals surface area contributed by atoms with Crippen molar-refractivity contribution in [1.82, 2.24) is 4.90 Å². The van der Waals surface area contributed by atoms with Gasteiger partial charge in [0.15, 0.2) is 0 Å². The summed E-state index contributed by atoms with van der Waals surface area (Å²) in [6, 6.07) is 4.48. The average molecular weight is 321 g/mol. The monoisotopic (exact) mass is 321 g/mol. The first-order valence-corrected chi connectivity index (χ1v) is 8.22. The molecule has 2 fully saturated rings. The maximum Gasteiger partial charge on any atom is 0.253 e. The summed E-state index contributed by atoms with van der Waals surface area (Å²) < 4.78 is 19.3. The predicted molar refractivity (Wildman–Crippen MR) is 84.8 cm³/mol. The molecule has 1 atom stereocenters. The van der Waals surface area contributed by atoms with Crippen LogP contribution in [0.3, 0.4) is 0 Å². The van der Waals surface area contributed by atoms with Gasteiger partial charge in [0.05, 0.1) is 17.8 Å². The van der Waals surface area contributed by atoms with Crippen molar-refractivity contribution in [3.05, 3.63) is 35.1 Å². The summed E-state index contributed by atoms with van der Waals surface area (Å²) in [4.78, 5) is 14.4. The number of ether oxygens (including phenoxy) is 1. The van der Waals surface area contributed by atoms with E-state index in [9.17, 15) is 14.3 Å². The van der Waals surface area contributed by atoms with Crippen LogP contribution >= 0.6 is 0 Å². The van der Waals surface area contributed by atoms with Gasteiger partial charge in [-0.3, -0.25) is 4.79 Å². The Morgan fingerprint density at radius 3 is 2.61 bits per heavy atom. The Hall–Kier alpha value is -1.46. The fourth-order valence-corrected chi connectivity index (χ4v) is 3.72. The summed E-state index contributed by atoms with van der Waals surface area (Å²) in [5, 5.41) is 10.3. The van der Waals surface area contributed by atoms with Crippen molar-refractivity contribution in [2.75, 3.05) is 19.7 Å². The molecular formula is C18H24FNO3. The predicted octanol–water partition coefficient (Wildman–Crippen LogP) is 2.67. The fourth-order valence-electron chi connectivity index (χ4n) is 3.72. The number of carbonyl (C=O) groups is 1. The summed E-state index contributed by atoms with van der Waals surface area (Å²) >= 11 is 0. The van der Waals surface area contributed by atoms with Gasteiger partial charge in [0, 0.05) is 25.1 Å². The quantitative estimate of drug-likeness (QED) is 0.865. The molecule has 23 heavy (non-hydrogen) atoms. The first kappa shape index (κ1) is 16.4. The molecule has 2 heterocycles. The van der Waals surface area contributed by atoms with E-state index in [1.165, 1.54) is 12.1 Å². The third-order valence-corrected chi connectivity index (χ3v) is 5.12. The lowest BCUT2D eigenvalue weighted by Crippen LogP contribution is -2.54. The molecule has 1 spiro atoms. The Morgan fingerprint density at radius 2 is 2.00 bits per heavy atom. The van der Waals surface area contributed by atoms with E-state index < -0.39 is 5.60 Å². The summed E-state index contributed by atoms with van der Waals surface area (Å²) in [6.07, 6.45) is 2.74. The SMILES string of the molecule is Cc1cc(C(=O)N2CCC3(CC2)CC(C)(O)CCO3)ccc1F. The zero-order valence-corrected chi connectivity index (χ0v) is 13.8. The van der Waals surface area contributed by atoms with Gasteiger partial charge in [0.1, 0.15) is 5.82 Å².